The molecule has 0 aliphatic carbocycles. The maximum Gasteiger partial charge on any atom is 0.322 e. The zero-order valence-electron chi connectivity index (χ0n) is 17.4. The first-order valence-corrected chi connectivity index (χ1v) is 12.1. The van der Waals surface area contributed by atoms with Crippen molar-refractivity contribution in [3.8, 4) is 0 Å². The van der Waals surface area contributed by atoms with Crippen molar-refractivity contribution in [3.63, 3.8) is 0 Å². The molecule has 2 atom stereocenters. The molecule has 1 fully saturated rings. The second-order valence-corrected chi connectivity index (χ2v) is 10.2. The highest BCUT2D eigenvalue weighted by Gasteiger charge is 2.37. The fraction of sp³-hybridized carbons (Fsp3) is 0.421. The summed E-state index contributed by atoms with van der Waals surface area (Å²) in [5.41, 5.74) is 1.57. The normalized spacial score (nSPS) is 21.1. The molecule has 32 heavy (non-hydrogen) atoms. The summed E-state index contributed by atoms with van der Waals surface area (Å²) in [4.78, 5) is 28.5. The number of nitrogens with zero attached hydrogens (tertiary/aromatic N) is 4. The molecule has 1 aromatic carbocycles. The fourth-order valence-electron chi connectivity index (χ4n) is 3.98. The molecule has 1 saturated heterocycles. The molecule has 172 valence electrons. The number of anilines is 2. The van der Waals surface area contributed by atoms with E-state index in [2.05, 4.69) is 15.1 Å². The molecule has 2 aromatic rings. The Kier molecular flexibility index (Phi) is 5.86. The van der Waals surface area contributed by atoms with E-state index in [0.29, 0.717) is 23.6 Å². The average Bonchev–Trinajstić information content (AvgIpc) is 3.24. The van der Waals surface area contributed by atoms with Gasteiger partial charge in [0.2, 0.25) is 15.9 Å². The zero-order valence-corrected chi connectivity index (χ0v) is 19.0. The van der Waals surface area contributed by atoms with E-state index in [-0.39, 0.29) is 36.5 Å². The van der Waals surface area contributed by atoms with E-state index in [0.717, 1.165) is 6.26 Å². The number of hydrogen-bond donors (Lipinski definition) is 2. The first-order valence-electron chi connectivity index (χ1n) is 9.87. The highest BCUT2D eigenvalue weighted by molar-refractivity contribution is 7.88. The van der Waals surface area contributed by atoms with Gasteiger partial charge in [0, 0.05) is 24.7 Å². The number of rotatable bonds is 4. The molecule has 2 aliphatic rings. The molecule has 3 heterocycles. The van der Waals surface area contributed by atoms with Gasteiger partial charge in [-0.25, -0.2) is 22.3 Å². The van der Waals surface area contributed by atoms with Crippen LogP contribution in [-0.2, 0) is 27.9 Å². The van der Waals surface area contributed by atoms with Gasteiger partial charge in [-0.1, -0.05) is 11.6 Å². The molecular formula is C19H22ClFN6O4S. The molecule has 2 N–H and O–H groups in total. The fourth-order valence-corrected chi connectivity index (χ4v) is 4.92. The standard InChI is InChI=1S/C19H22ClFN6O4S/c1-11-8-27-17(10-25(11)19(29)23-12-3-4-15(21)14(20)5-12)16(7-22-27)26-9-13(6-18(26)28)24-32(2,30)31/h3-5,7,11,13,24H,6,8-10H2,1-2H3,(H,23,29)/t11-,13?/m0/s1. The Bertz CT molecular complexity index is 1190. The van der Waals surface area contributed by atoms with Crippen LogP contribution in [0.3, 0.4) is 0 Å². The van der Waals surface area contributed by atoms with Crippen LogP contribution in [0, 0.1) is 5.82 Å². The quantitative estimate of drug-likeness (QED) is 0.686. The summed E-state index contributed by atoms with van der Waals surface area (Å²) in [5, 5.41) is 6.97. The van der Waals surface area contributed by atoms with Crippen molar-refractivity contribution >= 4 is 44.9 Å². The van der Waals surface area contributed by atoms with Crippen molar-refractivity contribution in [3.05, 3.63) is 40.9 Å². The lowest BCUT2D eigenvalue weighted by molar-refractivity contribution is -0.117. The summed E-state index contributed by atoms with van der Waals surface area (Å²) < 4.78 is 40.6. The molecule has 0 bridgehead atoms. The summed E-state index contributed by atoms with van der Waals surface area (Å²) in [6.45, 7) is 2.65. The van der Waals surface area contributed by atoms with Crippen molar-refractivity contribution in [2.75, 3.05) is 23.0 Å². The number of nitrogens with one attached hydrogen (secondary N) is 2. The number of benzene rings is 1. The van der Waals surface area contributed by atoms with Gasteiger partial charge in [0.15, 0.2) is 0 Å². The molecule has 1 unspecified atom stereocenters. The minimum atomic E-state index is -3.45. The van der Waals surface area contributed by atoms with Gasteiger partial charge in [0.1, 0.15) is 5.82 Å². The molecule has 10 nitrogen and oxygen atoms in total. The number of urea groups is 1. The topological polar surface area (TPSA) is 117 Å². The molecular weight excluding hydrogens is 463 g/mol. The Morgan fingerprint density at radius 1 is 1.31 bits per heavy atom. The molecule has 0 saturated carbocycles. The van der Waals surface area contributed by atoms with Gasteiger partial charge in [-0.15, -0.1) is 0 Å². The van der Waals surface area contributed by atoms with E-state index in [1.807, 2.05) is 6.92 Å². The maximum absolute atomic E-state index is 13.4. The molecule has 2 aliphatic heterocycles. The van der Waals surface area contributed by atoms with Gasteiger partial charge in [0.05, 0.1) is 48.0 Å². The molecule has 1 aromatic heterocycles. The number of halogens is 2. The lowest BCUT2D eigenvalue weighted by atomic mass is 10.2. The third-order valence-corrected chi connectivity index (χ3v) is 6.50. The molecule has 13 heteroatoms. The van der Waals surface area contributed by atoms with Crippen LogP contribution < -0.4 is 14.9 Å². The van der Waals surface area contributed by atoms with Crippen LogP contribution >= 0.6 is 11.6 Å². The van der Waals surface area contributed by atoms with Gasteiger partial charge in [0.25, 0.3) is 0 Å². The second kappa shape index (κ2) is 8.34. The van der Waals surface area contributed by atoms with Crippen molar-refractivity contribution in [2.45, 2.75) is 38.5 Å². The highest BCUT2D eigenvalue weighted by Crippen LogP contribution is 2.30. The predicted octanol–water partition coefficient (Wildman–Crippen LogP) is 1.77. The monoisotopic (exact) mass is 484 g/mol. The van der Waals surface area contributed by atoms with Crippen LogP contribution in [-0.4, -0.2) is 59.9 Å². The van der Waals surface area contributed by atoms with Crippen molar-refractivity contribution < 1.29 is 22.4 Å². The van der Waals surface area contributed by atoms with Crippen molar-refractivity contribution in [2.24, 2.45) is 0 Å². The number of aromatic nitrogens is 2. The van der Waals surface area contributed by atoms with E-state index in [1.54, 1.807) is 15.8 Å². The zero-order chi connectivity index (χ0) is 23.2. The highest BCUT2D eigenvalue weighted by atomic mass is 35.5. The van der Waals surface area contributed by atoms with Gasteiger partial charge >= 0.3 is 6.03 Å². The third kappa shape index (κ3) is 4.57. The number of sulfonamides is 1. The minimum Gasteiger partial charge on any atom is -0.314 e. The molecule has 4 rings (SSSR count). The van der Waals surface area contributed by atoms with Crippen LogP contribution in [0.2, 0.25) is 5.02 Å². The Hall–Kier alpha value is -2.70. The predicted molar refractivity (Wildman–Crippen MR) is 116 cm³/mol. The molecule has 0 spiro atoms. The SMILES string of the molecule is C[C@H]1Cn2ncc(N3CC(NS(C)(=O)=O)CC3=O)c2CN1C(=O)Nc1ccc(F)c(Cl)c1. The Balaban J connectivity index is 1.52. The lowest BCUT2D eigenvalue weighted by Crippen LogP contribution is -2.47. The second-order valence-electron chi connectivity index (χ2n) is 7.99. The van der Waals surface area contributed by atoms with Crippen LogP contribution in [0.25, 0.3) is 0 Å². The summed E-state index contributed by atoms with van der Waals surface area (Å²) in [6.07, 6.45) is 2.65. The van der Waals surface area contributed by atoms with E-state index in [1.165, 1.54) is 23.1 Å². The van der Waals surface area contributed by atoms with Crippen molar-refractivity contribution in [1.29, 1.82) is 0 Å². The Labute approximate surface area is 189 Å². The summed E-state index contributed by atoms with van der Waals surface area (Å²) in [7, 11) is -3.45. The Morgan fingerprint density at radius 2 is 2.06 bits per heavy atom. The van der Waals surface area contributed by atoms with Crippen LogP contribution in [0.1, 0.15) is 19.0 Å². The number of carbonyl (C=O) groups is 2. The molecule has 3 amide bonds. The van der Waals surface area contributed by atoms with Gasteiger partial charge in [-0.2, -0.15) is 5.10 Å². The van der Waals surface area contributed by atoms with Crippen LogP contribution in [0.15, 0.2) is 24.4 Å². The first-order chi connectivity index (χ1) is 15.0. The van der Waals surface area contributed by atoms with Gasteiger partial charge in [-0.05, 0) is 25.1 Å². The van der Waals surface area contributed by atoms with Gasteiger partial charge < -0.3 is 15.1 Å². The van der Waals surface area contributed by atoms with Crippen molar-refractivity contribution in [1.82, 2.24) is 19.4 Å². The van der Waals surface area contributed by atoms with E-state index in [9.17, 15) is 22.4 Å². The smallest absolute Gasteiger partial charge is 0.314 e. The number of fused-ring (bicyclic) bond motifs is 1. The average molecular weight is 485 g/mol. The number of hydrogen-bond acceptors (Lipinski definition) is 5. The van der Waals surface area contributed by atoms with E-state index in [4.69, 9.17) is 11.6 Å². The lowest BCUT2D eigenvalue weighted by Gasteiger charge is -2.35. The summed E-state index contributed by atoms with van der Waals surface area (Å²) in [6, 6.07) is 2.80. The number of carbonyl (C=O) groups excluding carboxylic acids is 2. The summed E-state index contributed by atoms with van der Waals surface area (Å²) >= 11 is 5.79. The van der Waals surface area contributed by atoms with Gasteiger partial charge in [-0.3, -0.25) is 9.48 Å². The van der Waals surface area contributed by atoms with Crippen LogP contribution in [0.5, 0.6) is 0 Å². The first kappa shape index (κ1) is 22.5. The van der Waals surface area contributed by atoms with Crippen LogP contribution in [0.4, 0.5) is 20.6 Å². The summed E-state index contributed by atoms with van der Waals surface area (Å²) in [5.74, 6) is -0.805. The third-order valence-electron chi connectivity index (χ3n) is 5.44. The minimum absolute atomic E-state index is 0.0453. The maximum atomic E-state index is 13.4. The largest absolute Gasteiger partial charge is 0.322 e. The van der Waals surface area contributed by atoms with E-state index < -0.39 is 27.9 Å². The van der Waals surface area contributed by atoms with E-state index >= 15 is 0 Å². The molecule has 0 radical (unpaired) electrons. The number of amides is 3. The Morgan fingerprint density at radius 3 is 2.75 bits per heavy atom.